The van der Waals surface area contributed by atoms with Crippen molar-refractivity contribution in [1.29, 1.82) is 0 Å². The fourth-order valence-corrected chi connectivity index (χ4v) is 3.54. The molecule has 0 aliphatic heterocycles. The fourth-order valence-electron chi connectivity index (χ4n) is 1.58. The molecule has 2 aromatic carbocycles. The molecule has 0 bridgehead atoms. The van der Waals surface area contributed by atoms with Gasteiger partial charge in [-0.25, -0.2) is 8.42 Å². The van der Waals surface area contributed by atoms with Gasteiger partial charge in [-0.1, -0.05) is 44.0 Å². The maximum atomic E-state index is 11.5. The number of rotatable bonds is 4. The summed E-state index contributed by atoms with van der Waals surface area (Å²) in [6.07, 6.45) is 0. The Morgan fingerprint density at radius 2 is 1.75 bits per heavy atom. The normalized spacial score (nSPS) is 11.3. The Balaban J connectivity index is 2.26. The first-order chi connectivity index (χ1) is 9.36. The second-order valence-corrected chi connectivity index (χ2v) is 8.31. The van der Waals surface area contributed by atoms with Crippen LogP contribution in [0.15, 0.2) is 56.3 Å². The van der Waals surface area contributed by atoms with Crippen molar-refractivity contribution in [2.75, 3.05) is 0 Å². The summed E-state index contributed by atoms with van der Waals surface area (Å²) in [5.74, 6) is 0.225. The lowest BCUT2D eigenvalue weighted by atomic mass is 10.2. The molecule has 0 saturated carbocycles. The molecule has 0 atom stereocenters. The zero-order valence-corrected chi connectivity index (χ0v) is 14.8. The van der Waals surface area contributed by atoms with E-state index >= 15 is 0 Å². The predicted molar refractivity (Wildman–Crippen MR) is 85.7 cm³/mol. The number of ether oxygens (including phenoxy) is 1. The Morgan fingerprint density at radius 3 is 2.40 bits per heavy atom. The van der Waals surface area contributed by atoms with Crippen LogP contribution in [0.5, 0.6) is 5.75 Å². The van der Waals surface area contributed by atoms with E-state index in [1.54, 1.807) is 12.1 Å². The van der Waals surface area contributed by atoms with E-state index < -0.39 is 9.05 Å². The molecule has 0 aromatic heterocycles. The van der Waals surface area contributed by atoms with Gasteiger partial charge in [-0.05, 0) is 35.9 Å². The molecule has 0 spiro atoms. The molecule has 0 fully saturated rings. The molecule has 0 heterocycles. The number of halogens is 3. The van der Waals surface area contributed by atoms with Crippen molar-refractivity contribution >= 4 is 51.6 Å². The van der Waals surface area contributed by atoms with Gasteiger partial charge in [-0.15, -0.1) is 0 Å². The lowest BCUT2D eigenvalue weighted by molar-refractivity contribution is 0.298. The second kappa shape index (κ2) is 6.47. The molecule has 2 aromatic rings. The number of benzene rings is 2. The highest BCUT2D eigenvalue weighted by atomic mass is 79.9. The van der Waals surface area contributed by atoms with Gasteiger partial charge in [0.15, 0.2) is 0 Å². The topological polar surface area (TPSA) is 43.4 Å². The van der Waals surface area contributed by atoms with Crippen molar-refractivity contribution in [3.8, 4) is 5.75 Å². The Kier molecular flexibility index (Phi) is 5.12. The molecule has 106 valence electrons. The van der Waals surface area contributed by atoms with Crippen molar-refractivity contribution < 1.29 is 13.2 Å². The lowest BCUT2D eigenvalue weighted by Crippen LogP contribution is -2.00. The van der Waals surface area contributed by atoms with Crippen molar-refractivity contribution in [3.05, 3.63) is 57.0 Å². The van der Waals surface area contributed by atoms with E-state index in [1.165, 1.54) is 6.07 Å². The van der Waals surface area contributed by atoms with Gasteiger partial charge < -0.3 is 4.74 Å². The quantitative estimate of drug-likeness (QED) is 0.647. The summed E-state index contributed by atoms with van der Waals surface area (Å²) < 4.78 is 30.2. The van der Waals surface area contributed by atoms with E-state index in [9.17, 15) is 8.42 Å². The summed E-state index contributed by atoms with van der Waals surface area (Å²) in [6, 6.07) is 12.2. The minimum absolute atomic E-state index is 0.0523. The van der Waals surface area contributed by atoms with Crippen LogP contribution in [-0.2, 0) is 15.7 Å². The molecule has 0 radical (unpaired) electrons. The van der Waals surface area contributed by atoms with Crippen LogP contribution in [0.4, 0.5) is 0 Å². The fraction of sp³-hybridized carbons (Fsp3) is 0.0769. The zero-order chi connectivity index (χ0) is 14.8. The Hall–Kier alpha value is -0.560. The molecule has 3 nitrogen and oxygen atoms in total. The molecular formula is C13H9Br2ClO3S. The monoisotopic (exact) mass is 438 g/mol. The van der Waals surface area contributed by atoms with E-state index in [-0.39, 0.29) is 17.3 Å². The van der Waals surface area contributed by atoms with Gasteiger partial charge >= 0.3 is 0 Å². The molecule has 0 N–H and O–H groups in total. The molecule has 0 saturated heterocycles. The van der Waals surface area contributed by atoms with E-state index in [0.29, 0.717) is 4.47 Å². The molecule has 20 heavy (non-hydrogen) atoms. The smallest absolute Gasteiger partial charge is 0.265 e. The summed E-state index contributed by atoms with van der Waals surface area (Å²) in [4.78, 5) is -0.0523. The first-order valence-corrected chi connectivity index (χ1v) is 9.37. The Morgan fingerprint density at radius 1 is 1.05 bits per heavy atom. The molecule has 0 amide bonds. The van der Waals surface area contributed by atoms with Crippen LogP contribution in [0.25, 0.3) is 0 Å². The Labute approximate surface area is 138 Å². The van der Waals surface area contributed by atoms with E-state index in [2.05, 4.69) is 31.9 Å². The molecule has 7 heteroatoms. The highest BCUT2D eigenvalue weighted by Gasteiger charge is 2.17. The van der Waals surface area contributed by atoms with Gasteiger partial charge in [0.2, 0.25) is 0 Å². The van der Waals surface area contributed by atoms with Crippen molar-refractivity contribution in [2.45, 2.75) is 11.5 Å². The van der Waals surface area contributed by atoms with Crippen molar-refractivity contribution in [1.82, 2.24) is 0 Å². The highest BCUT2D eigenvalue weighted by Crippen LogP contribution is 2.30. The molecule has 0 aliphatic rings. The maximum absolute atomic E-state index is 11.5. The van der Waals surface area contributed by atoms with E-state index in [1.807, 2.05) is 24.3 Å². The predicted octanol–water partition coefficient (Wildman–Crippen LogP) is 4.72. The van der Waals surface area contributed by atoms with Gasteiger partial charge in [0.1, 0.15) is 17.3 Å². The summed E-state index contributed by atoms with van der Waals surface area (Å²) in [5.41, 5.74) is 0.917. The molecule has 0 unspecified atom stereocenters. The van der Waals surface area contributed by atoms with Crippen molar-refractivity contribution in [3.63, 3.8) is 0 Å². The minimum atomic E-state index is -3.86. The van der Waals surface area contributed by atoms with Crippen LogP contribution in [0.3, 0.4) is 0 Å². The highest BCUT2D eigenvalue weighted by molar-refractivity contribution is 9.10. The first-order valence-electron chi connectivity index (χ1n) is 5.48. The van der Waals surface area contributed by atoms with Gasteiger partial charge in [0.25, 0.3) is 9.05 Å². The van der Waals surface area contributed by atoms with Crippen molar-refractivity contribution in [2.24, 2.45) is 0 Å². The zero-order valence-electron chi connectivity index (χ0n) is 10.0. The first kappa shape index (κ1) is 15.8. The molecule has 2 rings (SSSR count). The Bertz CT molecular complexity index is 732. The maximum Gasteiger partial charge on any atom is 0.265 e. The van der Waals surface area contributed by atoms with Crippen LogP contribution < -0.4 is 4.74 Å². The largest absolute Gasteiger partial charge is 0.487 e. The summed E-state index contributed by atoms with van der Waals surface area (Å²) in [5, 5.41) is 0. The average molecular weight is 441 g/mol. The van der Waals surface area contributed by atoms with Gasteiger partial charge in [0.05, 0.1) is 0 Å². The van der Waals surface area contributed by atoms with Crippen LogP contribution in [0.2, 0.25) is 0 Å². The van der Waals surface area contributed by atoms with Crippen LogP contribution >= 0.6 is 42.5 Å². The second-order valence-electron chi connectivity index (χ2n) is 3.95. The van der Waals surface area contributed by atoms with Gasteiger partial charge in [-0.2, -0.15) is 0 Å². The number of hydrogen-bond acceptors (Lipinski definition) is 3. The van der Waals surface area contributed by atoms with Crippen LogP contribution in [0, 0.1) is 0 Å². The third-order valence-corrected chi connectivity index (χ3v) is 4.78. The summed E-state index contributed by atoms with van der Waals surface area (Å²) in [7, 11) is 1.55. The molecule has 0 aliphatic carbocycles. The number of hydrogen-bond donors (Lipinski definition) is 0. The van der Waals surface area contributed by atoms with Crippen LogP contribution in [-0.4, -0.2) is 8.42 Å². The summed E-state index contributed by atoms with van der Waals surface area (Å²) in [6.45, 7) is 0.250. The molecular weight excluding hydrogens is 431 g/mol. The van der Waals surface area contributed by atoms with E-state index in [0.717, 1.165) is 10.0 Å². The average Bonchev–Trinajstić information content (AvgIpc) is 2.36. The van der Waals surface area contributed by atoms with E-state index in [4.69, 9.17) is 15.4 Å². The SMILES string of the molecule is O=S(=O)(Cl)c1cc(Br)ccc1OCc1cccc(Br)c1. The third kappa shape index (κ3) is 4.22. The van der Waals surface area contributed by atoms with Gasteiger partial charge in [-0.3, -0.25) is 0 Å². The standard InChI is InChI=1S/C13H9Br2ClO3S/c14-10-3-1-2-9(6-10)8-19-12-5-4-11(15)7-13(12)20(16,17)18/h1-7H,8H2. The lowest BCUT2D eigenvalue weighted by Gasteiger charge is -2.10. The van der Waals surface area contributed by atoms with Crippen LogP contribution in [0.1, 0.15) is 5.56 Å². The summed E-state index contributed by atoms with van der Waals surface area (Å²) >= 11 is 6.57. The minimum Gasteiger partial charge on any atom is -0.487 e. The van der Waals surface area contributed by atoms with Gasteiger partial charge in [0, 0.05) is 19.6 Å². The third-order valence-electron chi connectivity index (χ3n) is 2.45.